The number of nitrogens with zero attached hydrogens (tertiary/aromatic N) is 1. The Morgan fingerprint density at radius 3 is 2.81 bits per heavy atom. The number of aromatic nitrogens is 1. The minimum Gasteiger partial charge on any atom is -0.496 e. The second-order valence-corrected chi connectivity index (χ2v) is 5.89. The van der Waals surface area contributed by atoms with Gasteiger partial charge in [-0.25, -0.2) is 4.98 Å². The number of ether oxygens (including phenoxy) is 1. The highest BCUT2D eigenvalue weighted by Gasteiger charge is 2.20. The van der Waals surface area contributed by atoms with Gasteiger partial charge in [0.15, 0.2) is 0 Å². The molecule has 1 aromatic carbocycles. The summed E-state index contributed by atoms with van der Waals surface area (Å²) in [4.78, 5) is 16.9. The monoisotopic (exact) mass is 305 g/mol. The van der Waals surface area contributed by atoms with Gasteiger partial charge in [-0.2, -0.15) is 0 Å². The van der Waals surface area contributed by atoms with E-state index in [-0.39, 0.29) is 0 Å². The van der Waals surface area contributed by atoms with E-state index in [9.17, 15) is 9.90 Å². The number of para-hydroxylation sites is 1. The molecule has 0 aliphatic heterocycles. The molecule has 1 heterocycles. The number of rotatable bonds is 7. The van der Waals surface area contributed by atoms with Crippen molar-refractivity contribution in [1.29, 1.82) is 0 Å². The molecule has 4 nitrogen and oxygen atoms in total. The molecule has 0 fully saturated rings. The molecule has 0 spiro atoms. The van der Waals surface area contributed by atoms with Crippen LogP contribution in [0.5, 0.6) is 5.75 Å². The summed E-state index contributed by atoms with van der Waals surface area (Å²) in [7, 11) is 1.61. The van der Waals surface area contributed by atoms with Crippen LogP contribution in [0.4, 0.5) is 0 Å². The molecule has 1 unspecified atom stereocenters. The molecule has 0 bridgehead atoms. The Balaban J connectivity index is 2.05. The maximum absolute atomic E-state index is 11.5. The summed E-state index contributed by atoms with van der Waals surface area (Å²) in [5, 5.41) is 9.44. The van der Waals surface area contributed by atoms with Gasteiger partial charge in [0, 0.05) is 4.88 Å². The van der Waals surface area contributed by atoms with E-state index in [2.05, 4.69) is 4.98 Å². The Kier molecular flexibility index (Phi) is 5.33. The van der Waals surface area contributed by atoms with Gasteiger partial charge in [-0.05, 0) is 37.8 Å². The number of carboxylic acids is 1. The summed E-state index contributed by atoms with van der Waals surface area (Å²) in [5.41, 5.74) is 3.75. The van der Waals surface area contributed by atoms with E-state index in [1.807, 2.05) is 31.2 Å². The minimum absolute atomic E-state index is 0.414. The Morgan fingerprint density at radius 1 is 1.43 bits per heavy atom. The molecule has 5 heteroatoms. The van der Waals surface area contributed by atoms with E-state index < -0.39 is 11.9 Å². The van der Waals surface area contributed by atoms with Crippen LogP contribution in [0.2, 0.25) is 0 Å². The fraction of sp³-hybridized carbons (Fsp3) is 0.375. The Bertz CT molecular complexity index is 609. The lowest BCUT2D eigenvalue weighted by atomic mass is 9.94. The predicted molar refractivity (Wildman–Crippen MR) is 83.0 cm³/mol. The van der Waals surface area contributed by atoms with E-state index in [4.69, 9.17) is 4.74 Å². The minimum atomic E-state index is -0.761. The second kappa shape index (κ2) is 7.22. The number of carbonyl (C=O) groups is 1. The van der Waals surface area contributed by atoms with Gasteiger partial charge in [-0.1, -0.05) is 18.2 Å². The first kappa shape index (κ1) is 15.5. The zero-order valence-corrected chi connectivity index (χ0v) is 13.0. The topological polar surface area (TPSA) is 59.4 Å². The molecule has 0 saturated heterocycles. The molecule has 1 aromatic heterocycles. The van der Waals surface area contributed by atoms with Gasteiger partial charge in [0.2, 0.25) is 0 Å². The first-order valence-electron chi connectivity index (χ1n) is 6.85. The number of thiazole rings is 1. The lowest BCUT2D eigenvalue weighted by molar-refractivity contribution is -0.141. The summed E-state index contributed by atoms with van der Waals surface area (Å²) in [6.07, 6.45) is 1.84. The number of benzene rings is 1. The molecular weight excluding hydrogens is 286 g/mol. The zero-order valence-electron chi connectivity index (χ0n) is 12.2. The van der Waals surface area contributed by atoms with Gasteiger partial charge in [-0.15, -0.1) is 11.3 Å². The number of hydrogen-bond donors (Lipinski definition) is 1. The van der Waals surface area contributed by atoms with Crippen LogP contribution in [-0.2, 0) is 17.6 Å². The Labute approximate surface area is 128 Å². The average Bonchev–Trinajstić information content (AvgIpc) is 2.89. The van der Waals surface area contributed by atoms with Gasteiger partial charge in [0.25, 0.3) is 0 Å². The maximum atomic E-state index is 11.5. The van der Waals surface area contributed by atoms with Crippen LogP contribution >= 0.6 is 11.3 Å². The molecule has 2 aromatic rings. The van der Waals surface area contributed by atoms with Crippen LogP contribution < -0.4 is 4.74 Å². The van der Waals surface area contributed by atoms with E-state index in [0.717, 1.165) is 23.4 Å². The molecule has 1 N–H and O–H groups in total. The lowest BCUT2D eigenvalue weighted by Crippen LogP contribution is -2.17. The van der Waals surface area contributed by atoms with E-state index in [0.29, 0.717) is 12.8 Å². The summed E-state index contributed by atoms with van der Waals surface area (Å²) >= 11 is 1.59. The third-order valence-electron chi connectivity index (χ3n) is 3.57. The second-order valence-electron chi connectivity index (χ2n) is 4.95. The van der Waals surface area contributed by atoms with Crippen LogP contribution in [0.25, 0.3) is 0 Å². The van der Waals surface area contributed by atoms with Crippen LogP contribution in [-0.4, -0.2) is 23.2 Å². The quantitative estimate of drug-likeness (QED) is 0.852. The average molecular weight is 305 g/mol. The van der Waals surface area contributed by atoms with Gasteiger partial charge in [0.05, 0.1) is 24.2 Å². The van der Waals surface area contributed by atoms with E-state index in [1.54, 1.807) is 24.0 Å². The van der Waals surface area contributed by atoms with Crippen molar-refractivity contribution in [2.24, 2.45) is 5.92 Å². The molecule has 112 valence electrons. The largest absolute Gasteiger partial charge is 0.496 e. The Hall–Kier alpha value is -1.88. The van der Waals surface area contributed by atoms with Crippen molar-refractivity contribution >= 4 is 17.3 Å². The first-order valence-corrected chi connectivity index (χ1v) is 7.73. The van der Waals surface area contributed by atoms with Gasteiger partial charge < -0.3 is 9.84 Å². The molecule has 1 atom stereocenters. The van der Waals surface area contributed by atoms with Crippen molar-refractivity contribution in [1.82, 2.24) is 4.98 Å². The smallest absolute Gasteiger partial charge is 0.306 e. The fourth-order valence-corrected chi connectivity index (χ4v) is 3.12. The van der Waals surface area contributed by atoms with Crippen LogP contribution in [0.3, 0.4) is 0 Å². The molecule has 0 aliphatic rings. The molecule has 0 amide bonds. The van der Waals surface area contributed by atoms with Crippen LogP contribution in [0, 0.1) is 12.8 Å². The molecule has 0 radical (unpaired) electrons. The summed E-state index contributed by atoms with van der Waals surface area (Å²) < 4.78 is 5.29. The van der Waals surface area contributed by atoms with Crippen molar-refractivity contribution in [3.05, 3.63) is 45.9 Å². The number of carboxylic acid groups (broad SMARTS) is 1. The summed E-state index contributed by atoms with van der Waals surface area (Å²) in [6.45, 7) is 1.96. The summed E-state index contributed by atoms with van der Waals surface area (Å²) in [5.74, 6) is -0.427. The molecule has 0 saturated carbocycles. The van der Waals surface area contributed by atoms with Crippen molar-refractivity contribution < 1.29 is 14.6 Å². The summed E-state index contributed by atoms with van der Waals surface area (Å²) in [6, 6.07) is 7.58. The van der Waals surface area contributed by atoms with E-state index >= 15 is 0 Å². The van der Waals surface area contributed by atoms with Crippen LogP contribution in [0.15, 0.2) is 29.8 Å². The first-order chi connectivity index (χ1) is 10.1. The number of methoxy groups -OCH3 is 1. The molecule has 21 heavy (non-hydrogen) atoms. The lowest BCUT2D eigenvalue weighted by Gasteiger charge is -2.14. The third kappa shape index (κ3) is 4.04. The highest BCUT2D eigenvalue weighted by atomic mass is 32.1. The highest BCUT2D eigenvalue weighted by molar-refractivity contribution is 7.09. The van der Waals surface area contributed by atoms with Crippen molar-refractivity contribution in [3.8, 4) is 5.75 Å². The molecule has 0 aliphatic carbocycles. The molecule has 2 rings (SSSR count). The van der Waals surface area contributed by atoms with Gasteiger partial charge >= 0.3 is 5.97 Å². The van der Waals surface area contributed by atoms with E-state index in [1.165, 1.54) is 4.88 Å². The van der Waals surface area contributed by atoms with Gasteiger partial charge in [0.1, 0.15) is 5.75 Å². The fourth-order valence-electron chi connectivity index (χ4n) is 2.32. The SMILES string of the molecule is COc1ccccc1CC(CCc1scnc1C)C(=O)O. The van der Waals surface area contributed by atoms with Crippen molar-refractivity contribution in [3.63, 3.8) is 0 Å². The standard InChI is InChI=1S/C16H19NO3S/c1-11-15(21-10-17-11)8-7-13(16(18)19)9-12-5-3-4-6-14(12)20-2/h3-6,10,13H,7-9H2,1-2H3,(H,18,19). The zero-order chi connectivity index (χ0) is 15.2. The van der Waals surface area contributed by atoms with Gasteiger partial charge in [-0.3, -0.25) is 4.79 Å². The normalized spacial score (nSPS) is 12.1. The maximum Gasteiger partial charge on any atom is 0.306 e. The van der Waals surface area contributed by atoms with Crippen molar-refractivity contribution in [2.75, 3.05) is 7.11 Å². The predicted octanol–water partition coefficient (Wildman–Crippen LogP) is 3.34. The van der Waals surface area contributed by atoms with Crippen LogP contribution in [0.1, 0.15) is 22.6 Å². The highest BCUT2D eigenvalue weighted by Crippen LogP contribution is 2.24. The third-order valence-corrected chi connectivity index (χ3v) is 4.57. The number of hydrogen-bond acceptors (Lipinski definition) is 4. The number of aliphatic carboxylic acids is 1. The van der Waals surface area contributed by atoms with Crippen molar-refractivity contribution in [2.45, 2.75) is 26.2 Å². The Morgan fingerprint density at radius 2 is 2.19 bits per heavy atom. The molecular formula is C16H19NO3S. The number of aryl methyl sites for hydroxylation is 2.